The molecule has 2 aromatic heterocycles. The fourth-order valence-electron chi connectivity index (χ4n) is 1.77. The molecule has 0 bridgehead atoms. The minimum absolute atomic E-state index is 0.468. The standard InChI is InChI=1S/C12H13N3O2/c1-8-10(6-15(13)11(8)7-16)9-3-4-14-12(5-9)17-2/h3-7H,13H2,1-2H3. The molecule has 0 aliphatic carbocycles. The van der Waals surface area contributed by atoms with Crippen LogP contribution < -0.4 is 10.6 Å². The first-order valence-electron chi connectivity index (χ1n) is 5.10. The average Bonchev–Trinajstić information content (AvgIpc) is 2.64. The number of methoxy groups -OCH3 is 1. The number of aromatic nitrogens is 2. The monoisotopic (exact) mass is 231 g/mol. The van der Waals surface area contributed by atoms with Crippen molar-refractivity contribution >= 4 is 6.29 Å². The molecule has 0 atom stereocenters. The van der Waals surface area contributed by atoms with E-state index in [-0.39, 0.29) is 0 Å². The fraction of sp³-hybridized carbons (Fsp3) is 0.167. The molecule has 0 saturated carbocycles. The molecule has 0 amide bonds. The predicted octanol–water partition coefficient (Wildman–Crippen LogP) is 1.39. The minimum Gasteiger partial charge on any atom is -0.481 e. The molecule has 0 radical (unpaired) electrons. The van der Waals surface area contributed by atoms with Crippen LogP contribution in [-0.2, 0) is 0 Å². The van der Waals surface area contributed by atoms with E-state index in [9.17, 15) is 4.79 Å². The summed E-state index contributed by atoms with van der Waals surface area (Å²) in [5.74, 6) is 6.23. The molecular formula is C12H13N3O2. The highest BCUT2D eigenvalue weighted by atomic mass is 16.5. The Morgan fingerprint density at radius 2 is 2.29 bits per heavy atom. The van der Waals surface area contributed by atoms with E-state index in [0.29, 0.717) is 11.6 Å². The van der Waals surface area contributed by atoms with E-state index in [2.05, 4.69) is 4.98 Å². The Kier molecular flexibility index (Phi) is 2.82. The van der Waals surface area contributed by atoms with Crippen LogP contribution >= 0.6 is 0 Å². The van der Waals surface area contributed by atoms with E-state index in [1.165, 1.54) is 4.68 Å². The molecule has 0 aliphatic heterocycles. The quantitative estimate of drug-likeness (QED) is 0.640. The first-order chi connectivity index (χ1) is 8.17. The number of nitrogens with two attached hydrogens (primary N) is 1. The van der Waals surface area contributed by atoms with Gasteiger partial charge in [0.05, 0.1) is 7.11 Å². The van der Waals surface area contributed by atoms with Crippen LogP contribution in [0.5, 0.6) is 5.88 Å². The molecule has 17 heavy (non-hydrogen) atoms. The maximum atomic E-state index is 10.9. The molecule has 0 aromatic carbocycles. The molecule has 2 rings (SSSR count). The van der Waals surface area contributed by atoms with Gasteiger partial charge in [0.1, 0.15) is 5.69 Å². The second-order valence-corrected chi connectivity index (χ2v) is 3.67. The number of aldehydes is 1. The van der Waals surface area contributed by atoms with Crippen LogP contribution in [0.1, 0.15) is 16.1 Å². The minimum atomic E-state index is 0.468. The third-order valence-corrected chi connectivity index (χ3v) is 2.70. The summed E-state index contributed by atoms with van der Waals surface area (Å²) in [5.41, 5.74) is 3.13. The molecule has 2 heterocycles. The van der Waals surface area contributed by atoms with Crippen molar-refractivity contribution in [2.45, 2.75) is 6.92 Å². The second-order valence-electron chi connectivity index (χ2n) is 3.67. The summed E-state index contributed by atoms with van der Waals surface area (Å²) in [6.45, 7) is 1.86. The molecule has 0 unspecified atom stereocenters. The summed E-state index contributed by atoms with van der Waals surface area (Å²) in [4.78, 5) is 14.9. The van der Waals surface area contributed by atoms with Crippen molar-refractivity contribution in [2.75, 3.05) is 13.0 Å². The van der Waals surface area contributed by atoms with Crippen LogP contribution in [0.2, 0.25) is 0 Å². The topological polar surface area (TPSA) is 70.1 Å². The molecule has 2 N–H and O–H groups in total. The summed E-state index contributed by atoms with van der Waals surface area (Å²) in [6, 6.07) is 3.65. The second kappa shape index (κ2) is 4.29. The van der Waals surface area contributed by atoms with Gasteiger partial charge in [-0.25, -0.2) is 4.98 Å². The molecule has 5 heteroatoms. The van der Waals surface area contributed by atoms with Gasteiger partial charge in [0.15, 0.2) is 6.29 Å². The van der Waals surface area contributed by atoms with Gasteiger partial charge in [-0.3, -0.25) is 9.47 Å². The summed E-state index contributed by atoms with van der Waals surface area (Å²) in [5, 5.41) is 0. The van der Waals surface area contributed by atoms with E-state index in [1.54, 1.807) is 25.6 Å². The van der Waals surface area contributed by atoms with Crippen molar-refractivity contribution in [2.24, 2.45) is 0 Å². The maximum absolute atomic E-state index is 10.9. The molecule has 5 nitrogen and oxygen atoms in total. The number of carbonyl (C=O) groups excluding carboxylic acids is 1. The zero-order valence-corrected chi connectivity index (χ0v) is 9.68. The first kappa shape index (κ1) is 11.2. The van der Waals surface area contributed by atoms with Crippen molar-refractivity contribution in [3.05, 3.63) is 35.8 Å². The number of carbonyl (C=O) groups is 1. The van der Waals surface area contributed by atoms with Crippen LogP contribution in [-0.4, -0.2) is 23.1 Å². The van der Waals surface area contributed by atoms with Gasteiger partial charge in [-0.05, 0) is 24.1 Å². The Morgan fingerprint density at radius 1 is 1.53 bits per heavy atom. The Labute approximate surface area is 98.8 Å². The van der Waals surface area contributed by atoms with E-state index >= 15 is 0 Å². The summed E-state index contributed by atoms with van der Waals surface area (Å²) < 4.78 is 6.38. The third kappa shape index (κ3) is 1.87. The Morgan fingerprint density at radius 3 is 2.88 bits per heavy atom. The van der Waals surface area contributed by atoms with E-state index < -0.39 is 0 Å². The largest absolute Gasteiger partial charge is 0.481 e. The fourth-order valence-corrected chi connectivity index (χ4v) is 1.77. The van der Waals surface area contributed by atoms with Crippen molar-refractivity contribution in [1.29, 1.82) is 0 Å². The van der Waals surface area contributed by atoms with Crippen molar-refractivity contribution in [1.82, 2.24) is 9.66 Å². The lowest BCUT2D eigenvalue weighted by Gasteiger charge is -2.02. The molecule has 0 fully saturated rings. The number of nitrogens with zero attached hydrogens (tertiary/aromatic N) is 2. The molecule has 0 saturated heterocycles. The predicted molar refractivity (Wildman–Crippen MR) is 64.5 cm³/mol. The summed E-state index contributed by atoms with van der Waals surface area (Å²) >= 11 is 0. The van der Waals surface area contributed by atoms with E-state index in [0.717, 1.165) is 23.0 Å². The summed E-state index contributed by atoms with van der Waals surface area (Å²) in [7, 11) is 1.56. The summed E-state index contributed by atoms with van der Waals surface area (Å²) in [6.07, 6.45) is 4.12. The van der Waals surface area contributed by atoms with Gasteiger partial charge < -0.3 is 10.6 Å². The van der Waals surface area contributed by atoms with Crippen LogP contribution in [0.15, 0.2) is 24.5 Å². The molecular weight excluding hydrogens is 218 g/mol. The van der Waals surface area contributed by atoms with Gasteiger partial charge in [-0.15, -0.1) is 0 Å². The first-order valence-corrected chi connectivity index (χ1v) is 5.10. The van der Waals surface area contributed by atoms with Gasteiger partial charge in [-0.1, -0.05) is 0 Å². The van der Waals surface area contributed by atoms with Crippen molar-refractivity contribution in [3.8, 4) is 17.0 Å². The average molecular weight is 231 g/mol. The van der Waals surface area contributed by atoms with Gasteiger partial charge in [-0.2, -0.15) is 0 Å². The van der Waals surface area contributed by atoms with Gasteiger partial charge in [0, 0.05) is 24.0 Å². The lowest BCUT2D eigenvalue weighted by atomic mass is 10.1. The van der Waals surface area contributed by atoms with Crippen molar-refractivity contribution < 1.29 is 9.53 Å². The molecule has 2 aromatic rings. The van der Waals surface area contributed by atoms with Gasteiger partial charge >= 0.3 is 0 Å². The number of rotatable bonds is 3. The lowest BCUT2D eigenvalue weighted by Crippen LogP contribution is -2.10. The highest BCUT2D eigenvalue weighted by Gasteiger charge is 2.12. The Hall–Kier alpha value is -2.30. The zero-order chi connectivity index (χ0) is 12.4. The van der Waals surface area contributed by atoms with Crippen LogP contribution in [0.4, 0.5) is 0 Å². The van der Waals surface area contributed by atoms with Crippen LogP contribution in [0.3, 0.4) is 0 Å². The highest BCUT2D eigenvalue weighted by Crippen LogP contribution is 2.27. The number of ether oxygens (including phenoxy) is 1. The molecule has 0 spiro atoms. The van der Waals surface area contributed by atoms with Crippen molar-refractivity contribution in [3.63, 3.8) is 0 Å². The maximum Gasteiger partial charge on any atom is 0.213 e. The number of nitrogen functional groups attached to an aromatic ring is 1. The number of pyridine rings is 1. The normalized spacial score (nSPS) is 10.2. The highest BCUT2D eigenvalue weighted by molar-refractivity contribution is 5.82. The number of hydrogen-bond acceptors (Lipinski definition) is 4. The zero-order valence-electron chi connectivity index (χ0n) is 9.68. The van der Waals surface area contributed by atoms with Gasteiger partial charge in [0.25, 0.3) is 0 Å². The molecule has 0 aliphatic rings. The van der Waals surface area contributed by atoms with E-state index in [1.807, 2.05) is 13.0 Å². The van der Waals surface area contributed by atoms with Crippen LogP contribution in [0.25, 0.3) is 11.1 Å². The van der Waals surface area contributed by atoms with E-state index in [4.69, 9.17) is 10.6 Å². The third-order valence-electron chi connectivity index (χ3n) is 2.70. The SMILES string of the molecule is COc1cc(-c2cn(N)c(C=O)c2C)ccn1. The smallest absolute Gasteiger partial charge is 0.213 e. The Bertz CT molecular complexity index is 561. The van der Waals surface area contributed by atoms with Crippen LogP contribution in [0, 0.1) is 6.92 Å². The number of hydrogen-bond donors (Lipinski definition) is 1. The lowest BCUT2D eigenvalue weighted by molar-refractivity contribution is 0.111. The Balaban J connectivity index is 2.56. The molecule has 88 valence electrons. The van der Waals surface area contributed by atoms with Gasteiger partial charge in [0.2, 0.25) is 5.88 Å².